The number of rotatable bonds is 10. The molecule has 36 heavy (non-hydrogen) atoms. The molecule has 0 aliphatic carbocycles. The van der Waals surface area contributed by atoms with Gasteiger partial charge < -0.3 is 14.2 Å². The van der Waals surface area contributed by atoms with E-state index < -0.39 is 11.8 Å². The number of hydrogen-bond donors (Lipinski definition) is 0. The molecule has 2 aromatic carbocycles. The third-order valence-electron chi connectivity index (χ3n) is 5.53. The molecular formula is C27H26Cl2N2O5. The highest BCUT2D eigenvalue weighted by molar-refractivity contribution is 6.35. The molecule has 0 aromatic heterocycles. The number of imide groups is 1. The fourth-order valence-corrected chi connectivity index (χ4v) is 4.13. The van der Waals surface area contributed by atoms with Crippen molar-refractivity contribution in [1.82, 2.24) is 4.90 Å². The normalized spacial score (nSPS) is 14.9. The third kappa shape index (κ3) is 6.27. The summed E-state index contributed by atoms with van der Waals surface area (Å²) in [5.41, 5.74) is 1.98. The first-order valence-corrected chi connectivity index (χ1v) is 12.1. The lowest BCUT2D eigenvalue weighted by molar-refractivity contribution is -0.140. The lowest BCUT2D eigenvalue weighted by Gasteiger charge is -2.27. The summed E-state index contributed by atoms with van der Waals surface area (Å²) in [7, 11) is 1.54. The second-order valence-electron chi connectivity index (χ2n) is 7.94. The molecule has 0 bridgehead atoms. The number of nitriles is 1. The van der Waals surface area contributed by atoms with E-state index in [0.29, 0.717) is 52.3 Å². The molecule has 7 nitrogen and oxygen atoms in total. The minimum absolute atomic E-state index is 0.0527. The molecule has 0 atom stereocenters. The molecule has 1 aliphatic heterocycles. The number of ether oxygens (including phenoxy) is 3. The highest BCUT2D eigenvalue weighted by Crippen LogP contribution is 2.33. The average Bonchev–Trinajstić information content (AvgIpc) is 2.85. The Balaban J connectivity index is 1.92. The van der Waals surface area contributed by atoms with Crippen LogP contribution in [0.1, 0.15) is 31.4 Å². The summed E-state index contributed by atoms with van der Waals surface area (Å²) >= 11 is 12.2. The van der Waals surface area contributed by atoms with Crippen molar-refractivity contribution in [2.75, 3.05) is 26.9 Å². The van der Waals surface area contributed by atoms with Gasteiger partial charge >= 0.3 is 0 Å². The van der Waals surface area contributed by atoms with Crippen molar-refractivity contribution < 1.29 is 23.8 Å². The molecule has 3 rings (SSSR count). The fraction of sp³-hybridized carbons (Fsp3) is 0.296. The van der Waals surface area contributed by atoms with E-state index in [-0.39, 0.29) is 24.3 Å². The summed E-state index contributed by atoms with van der Waals surface area (Å²) in [6, 6.07) is 12.4. The second-order valence-corrected chi connectivity index (χ2v) is 8.79. The standard InChI is InChI=1S/C27H26Cl2N2O5/c1-4-35-25-13-18(6-9-24(25)36-16-19-7-8-20(28)14-23(19)29)12-21-17(2)22(15-30)27(33)31(26(21)32)10-5-11-34-3/h6-9,12-14H,4-5,10-11,16H2,1-3H3/b21-12+. The topological polar surface area (TPSA) is 88.9 Å². The predicted octanol–water partition coefficient (Wildman–Crippen LogP) is 5.60. The number of benzene rings is 2. The van der Waals surface area contributed by atoms with Gasteiger partial charge in [0.1, 0.15) is 18.2 Å². The zero-order chi connectivity index (χ0) is 26.2. The first-order valence-electron chi connectivity index (χ1n) is 11.3. The van der Waals surface area contributed by atoms with Crippen LogP contribution in [0.5, 0.6) is 11.5 Å². The van der Waals surface area contributed by atoms with Gasteiger partial charge in [0.25, 0.3) is 11.8 Å². The van der Waals surface area contributed by atoms with Crippen LogP contribution in [0.25, 0.3) is 6.08 Å². The molecule has 0 unspecified atom stereocenters. The van der Waals surface area contributed by atoms with Gasteiger partial charge in [-0.3, -0.25) is 14.5 Å². The minimum Gasteiger partial charge on any atom is -0.490 e. The van der Waals surface area contributed by atoms with Gasteiger partial charge in [-0.15, -0.1) is 0 Å². The van der Waals surface area contributed by atoms with Gasteiger partial charge in [-0.05, 0) is 61.7 Å². The maximum absolute atomic E-state index is 13.2. The number of nitrogens with zero attached hydrogens (tertiary/aromatic N) is 2. The Hall–Kier alpha value is -3.31. The molecule has 1 aliphatic rings. The molecule has 0 fully saturated rings. The molecule has 2 aromatic rings. The molecule has 0 saturated carbocycles. The van der Waals surface area contributed by atoms with E-state index in [4.69, 9.17) is 37.4 Å². The SMILES string of the molecule is CCOc1cc(/C=C2/C(=O)N(CCCOC)C(=O)C(C#N)=C2C)ccc1OCc1ccc(Cl)cc1Cl. The van der Waals surface area contributed by atoms with Gasteiger partial charge in [-0.1, -0.05) is 35.3 Å². The number of halogens is 2. The van der Waals surface area contributed by atoms with Gasteiger partial charge in [0.05, 0.1) is 6.61 Å². The van der Waals surface area contributed by atoms with Crippen LogP contribution in [0.2, 0.25) is 10.0 Å². The largest absolute Gasteiger partial charge is 0.490 e. The van der Waals surface area contributed by atoms with E-state index in [2.05, 4.69) is 0 Å². The van der Waals surface area contributed by atoms with Gasteiger partial charge in [0.2, 0.25) is 0 Å². The molecule has 0 spiro atoms. The molecule has 0 radical (unpaired) electrons. The second kappa shape index (κ2) is 12.6. The van der Waals surface area contributed by atoms with E-state index in [9.17, 15) is 14.9 Å². The van der Waals surface area contributed by atoms with E-state index in [0.717, 1.165) is 10.5 Å². The molecule has 188 valence electrons. The summed E-state index contributed by atoms with van der Waals surface area (Å²) < 4.78 is 16.7. The van der Waals surface area contributed by atoms with Crippen LogP contribution in [-0.4, -0.2) is 43.6 Å². The first-order chi connectivity index (χ1) is 17.3. The Labute approximate surface area is 220 Å². The van der Waals surface area contributed by atoms with Crippen molar-refractivity contribution in [1.29, 1.82) is 5.26 Å². The van der Waals surface area contributed by atoms with Gasteiger partial charge in [0, 0.05) is 41.4 Å². The Morgan fingerprint density at radius 1 is 1.06 bits per heavy atom. The Morgan fingerprint density at radius 2 is 1.83 bits per heavy atom. The van der Waals surface area contributed by atoms with Crippen LogP contribution >= 0.6 is 23.2 Å². The Morgan fingerprint density at radius 3 is 2.50 bits per heavy atom. The number of carbonyl (C=O) groups is 2. The van der Waals surface area contributed by atoms with Crippen LogP contribution in [0.4, 0.5) is 0 Å². The summed E-state index contributed by atoms with van der Waals surface area (Å²) in [5.74, 6) is -0.0622. The summed E-state index contributed by atoms with van der Waals surface area (Å²) in [4.78, 5) is 27.0. The lowest BCUT2D eigenvalue weighted by atomic mass is 9.93. The van der Waals surface area contributed by atoms with Crippen molar-refractivity contribution in [2.45, 2.75) is 26.9 Å². The minimum atomic E-state index is -0.590. The third-order valence-corrected chi connectivity index (χ3v) is 6.12. The lowest BCUT2D eigenvalue weighted by Crippen LogP contribution is -2.43. The molecule has 0 N–H and O–H groups in total. The number of amides is 2. The highest BCUT2D eigenvalue weighted by atomic mass is 35.5. The number of methoxy groups -OCH3 is 1. The number of hydrogen-bond acceptors (Lipinski definition) is 6. The van der Waals surface area contributed by atoms with Crippen molar-refractivity contribution in [3.05, 3.63) is 74.3 Å². The average molecular weight is 529 g/mol. The first kappa shape index (κ1) is 27.3. The van der Waals surface area contributed by atoms with Crippen molar-refractivity contribution in [3.63, 3.8) is 0 Å². The van der Waals surface area contributed by atoms with Gasteiger partial charge in [0.15, 0.2) is 11.5 Å². The smallest absolute Gasteiger partial charge is 0.271 e. The highest BCUT2D eigenvalue weighted by Gasteiger charge is 2.35. The van der Waals surface area contributed by atoms with Crippen molar-refractivity contribution in [2.24, 2.45) is 0 Å². The van der Waals surface area contributed by atoms with E-state index >= 15 is 0 Å². The monoisotopic (exact) mass is 528 g/mol. The molecule has 9 heteroatoms. The molecule has 0 saturated heterocycles. The molecule has 1 heterocycles. The Bertz CT molecular complexity index is 1260. The predicted molar refractivity (Wildman–Crippen MR) is 138 cm³/mol. The van der Waals surface area contributed by atoms with E-state index in [1.807, 2.05) is 13.0 Å². The summed E-state index contributed by atoms with van der Waals surface area (Å²) in [5, 5.41) is 10.6. The maximum Gasteiger partial charge on any atom is 0.271 e. The van der Waals surface area contributed by atoms with Crippen molar-refractivity contribution >= 4 is 41.1 Å². The fourth-order valence-electron chi connectivity index (χ4n) is 3.66. The van der Waals surface area contributed by atoms with Gasteiger partial charge in [-0.25, -0.2) is 0 Å². The zero-order valence-corrected chi connectivity index (χ0v) is 21.8. The molecular weight excluding hydrogens is 503 g/mol. The summed E-state index contributed by atoms with van der Waals surface area (Å²) in [6.07, 6.45) is 2.12. The van der Waals surface area contributed by atoms with Crippen LogP contribution in [0, 0.1) is 11.3 Å². The summed E-state index contributed by atoms with van der Waals surface area (Å²) in [6.45, 7) is 4.61. The Kier molecular flexibility index (Phi) is 9.54. The number of carbonyl (C=O) groups excluding carboxylic acids is 2. The quantitative estimate of drug-likeness (QED) is 0.226. The van der Waals surface area contributed by atoms with Gasteiger partial charge in [-0.2, -0.15) is 5.26 Å². The van der Waals surface area contributed by atoms with Crippen LogP contribution in [0.15, 0.2) is 53.1 Å². The van der Waals surface area contributed by atoms with Crippen LogP contribution < -0.4 is 9.47 Å². The van der Waals surface area contributed by atoms with Crippen LogP contribution in [0.3, 0.4) is 0 Å². The maximum atomic E-state index is 13.2. The van der Waals surface area contributed by atoms with Crippen molar-refractivity contribution in [3.8, 4) is 17.6 Å². The van der Waals surface area contributed by atoms with Crippen LogP contribution in [-0.2, 0) is 20.9 Å². The van der Waals surface area contributed by atoms with E-state index in [1.165, 1.54) is 0 Å². The zero-order valence-electron chi connectivity index (χ0n) is 20.3. The molecule has 2 amide bonds. The van der Waals surface area contributed by atoms with E-state index in [1.54, 1.807) is 56.5 Å².